The third kappa shape index (κ3) is 5.34. The second kappa shape index (κ2) is 10.5. The number of urea groups is 1. The van der Waals surface area contributed by atoms with Crippen LogP contribution < -0.4 is 15.4 Å². The van der Waals surface area contributed by atoms with E-state index in [4.69, 9.17) is 4.74 Å². The van der Waals surface area contributed by atoms with Crippen molar-refractivity contribution >= 4 is 23.5 Å². The molecule has 2 aliphatic rings. The van der Waals surface area contributed by atoms with Crippen LogP contribution in [0.2, 0.25) is 0 Å². The van der Waals surface area contributed by atoms with E-state index in [1.54, 1.807) is 29.2 Å². The summed E-state index contributed by atoms with van der Waals surface area (Å²) in [6.45, 7) is 3.37. The molecule has 174 valence electrons. The Kier molecular flexibility index (Phi) is 7.24. The molecule has 33 heavy (non-hydrogen) atoms. The van der Waals surface area contributed by atoms with Crippen molar-refractivity contribution in [1.82, 2.24) is 15.1 Å². The van der Waals surface area contributed by atoms with Gasteiger partial charge in [0.15, 0.2) is 0 Å². The Balaban J connectivity index is 1.45. The number of imide groups is 1. The minimum Gasteiger partial charge on any atom is -0.494 e. The second-order valence-corrected chi connectivity index (χ2v) is 8.28. The normalized spacial score (nSPS) is 20.4. The summed E-state index contributed by atoms with van der Waals surface area (Å²) in [5.74, 6) is 0.225. The van der Waals surface area contributed by atoms with Gasteiger partial charge in [-0.3, -0.25) is 14.5 Å². The molecule has 0 aromatic heterocycles. The van der Waals surface area contributed by atoms with Crippen molar-refractivity contribution in [3.8, 4) is 5.75 Å². The molecule has 8 heteroatoms. The number of carbonyl (C=O) groups excluding carboxylic acids is 3. The van der Waals surface area contributed by atoms with E-state index in [1.807, 2.05) is 37.3 Å². The van der Waals surface area contributed by atoms with Gasteiger partial charge in [-0.2, -0.15) is 0 Å². The Morgan fingerprint density at radius 2 is 1.88 bits per heavy atom. The maximum Gasteiger partial charge on any atom is 0.327 e. The lowest BCUT2D eigenvalue weighted by atomic mass is 9.93. The number of rotatable bonds is 8. The van der Waals surface area contributed by atoms with Crippen LogP contribution in [0.15, 0.2) is 54.6 Å². The summed E-state index contributed by atoms with van der Waals surface area (Å²) >= 11 is 0. The number of piperidine rings is 1. The highest BCUT2D eigenvalue weighted by atomic mass is 16.5. The minimum atomic E-state index is -0.481. The third-order valence-electron chi connectivity index (χ3n) is 6.06. The van der Waals surface area contributed by atoms with Crippen molar-refractivity contribution in [2.45, 2.75) is 38.3 Å². The molecule has 2 saturated heterocycles. The molecule has 2 heterocycles. The van der Waals surface area contributed by atoms with Gasteiger partial charge in [0.2, 0.25) is 11.8 Å². The Morgan fingerprint density at radius 3 is 2.61 bits per heavy atom. The average Bonchev–Trinajstić information content (AvgIpc) is 2.84. The third-order valence-corrected chi connectivity index (χ3v) is 6.06. The molecule has 0 radical (unpaired) electrons. The molecular weight excluding hydrogens is 420 g/mol. The quantitative estimate of drug-likeness (QED) is 0.645. The SMILES string of the molecule is CCOc1ccc(NC(=O)CN2C(=O)N(CCc3ccccc3)C(=O)C3NCCCC32)cc1. The van der Waals surface area contributed by atoms with Crippen molar-refractivity contribution in [3.63, 3.8) is 0 Å². The average molecular weight is 451 g/mol. The number of nitrogens with one attached hydrogen (secondary N) is 2. The Hall–Kier alpha value is -3.39. The van der Waals surface area contributed by atoms with Crippen LogP contribution in [0.3, 0.4) is 0 Å². The number of amides is 4. The maximum absolute atomic E-state index is 13.3. The van der Waals surface area contributed by atoms with Gasteiger partial charge in [0.1, 0.15) is 18.3 Å². The fraction of sp³-hybridized carbons (Fsp3) is 0.400. The number of hydrogen-bond acceptors (Lipinski definition) is 5. The van der Waals surface area contributed by atoms with Crippen LogP contribution in [-0.2, 0) is 16.0 Å². The molecular formula is C25H30N4O4. The zero-order valence-electron chi connectivity index (χ0n) is 18.8. The molecule has 0 bridgehead atoms. The summed E-state index contributed by atoms with van der Waals surface area (Å²) in [6, 6.07) is 15.7. The molecule has 0 saturated carbocycles. The fourth-order valence-corrected chi connectivity index (χ4v) is 4.45. The molecule has 2 atom stereocenters. The van der Waals surface area contributed by atoms with Crippen LogP contribution in [0.25, 0.3) is 0 Å². The summed E-state index contributed by atoms with van der Waals surface area (Å²) in [7, 11) is 0. The molecule has 2 aromatic carbocycles. The molecule has 2 aromatic rings. The van der Waals surface area contributed by atoms with Crippen LogP contribution in [0.5, 0.6) is 5.75 Å². The molecule has 2 N–H and O–H groups in total. The van der Waals surface area contributed by atoms with E-state index < -0.39 is 12.1 Å². The van der Waals surface area contributed by atoms with Crippen molar-refractivity contribution in [2.24, 2.45) is 0 Å². The van der Waals surface area contributed by atoms with Crippen LogP contribution in [0.4, 0.5) is 10.5 Å². The van der Waals surface area contributed by atoms with Crippen LogP contribution in [0.1, 0.15) is 25.3 Å². The van der Waals surface area contributed by atoms with Gasteiger partial charge >= 0.3 is 6.03 Å². The first-order valence-electron chi connectivity index (χ1n) is 11.5. The summed E-state index contributed by atoms with van der Waals surface area (Å²) in [6.07, 6.45) is 2.11. The van der Waals surface area contributed by atoms with Gasteiger partial charge in [-0.1, -0.05) is 30.3 Å². The smallest absolute Gasteiger partial charge is 0.327 e. The van der Waals surface area contributed by atoms with Gasteiger partial charge in [-0.15, -0.1) is 0 Å². The Bertz CT molecular complexity index is 980. The monoisotopic (exact) mass is 450 g/mol. The second-order valence-electron chi connectivity index (χ2n) is 8.28. The van der Waals surface area contributed by atoms with Gasteiger partial charge in [-0.25, -0.2) is 4.79 Å². The van der Waals surface area contributed by atoms with Crippen LogP contribution in [-0.4, -0.2) is 66.0 Å². The van der Waals surface area contributed by atoms with Gasteiger partial charge in [-0.05, 0) is 62.6 Å². The highest BCUT2D eigenvalue weighted by molar-refractivity contribution is 6.03. The van der Waals surface area contributed by atoms with E-state index in [0.29, 0.717) is 25.1 Å². The number of carbonyl (C=O) groups is 3. The summed E-state index contributed by atoms with van der Waals surface area (Å²) in [4.78, 5) is 42.1. The van der Waals surface area contributed by atoms with E-state index in [2.05, 4.69) is 10.6 Å². The first-order chi connectivity index (χ1) is 16.1. The zero-order chi connectivity index (χ0) is 23.2. The van der Waals surface area contributed by atoms with E-state index >= 15 is 0 Å². The Morgan fingerprint density at radius 1 is 1.12 bits per heavy atom. The summed E-state index contributed by atoms with van der Waals surface area (Å²) in [5, 5.41) is 6.11. The highest BCUT2D eigenvalue weighted by Crippen LogP contribution is 2.25. The minimum absolute atomic E-state index is 0.107. The number of anilines is 1. The van der Waals surface area contributed by atoms with Crippen molar-refractivity contribution < 1.29 is 19.1 Å². The summed E-state index contributed by atoms with van der Waals surface area (Å²) in [5.41, 5.74) is 1.68. The number of hydrogen-bond donors (Lipinski definition) is 2. The van der Waals surface area contributed by atoms with E-state index in [0.717, 1.165) is 24.3 Å². The first kappa shape index (κ1) is 22.8. The zero-order valence-corrected chi connectivity index (χ0v) is 18.8. The molecule has 2 fully saturated rings. The van der Waals surface area contributed by atoms with E-state index in [-0.39, 0.29) is 30.9 Å². The predicted octanol–water partition coefficient (Wildman–Crippen LogP) is 2.65. The largest absolute Gasteiger partial charge is 0.494 e. The molecule has 0 aliphatic carbocycles. The van der Waals surface area contributed by atoms with Crippen LogP contribution >= 0.6 is 0 Å². The van der Waals surface area contributed by atoms with Gasteiger partial charge < -0.3 is 20.3 Å². The predicted molar refractivity (Wildman–Crippen MR) is 125 cm³/mol. The first-order valence-corrected chi connectivity index (χ1v) is 11.5. The molecule has 4 amide bonds. The maximum atomic E-state index is 13.3. The lowest BCUT2D eigenvalue weighted by Gasteiger charge is -2.46. The van der Waals surface area contributed by atoms with Crippen LogP contribution in [0, 0.1) is 0 Å². The highest BCUT2D eigenvalue weighted by Gasteiger charge is 2.47. The molecule has 4 rings (SSSR count). The van der Waals surface area contributed by atoms with Gasteiger partial charge in [0.25, 0.3) is 0 Å². The van der Waals surface area contributed by atoms with Crippen molar-refractivity contribution in [1.29, 1.82) is 0 Å². The standard InChI is InChI=1S/C25H30N4O4/c1-2-33-20-12-10-19(11-13-20)27-22(30)17-29-21-9-6-15-26-23(21)24(31)28(25(29)32)16-14-18-7-4-3-5-8-18/h3-5,7-8,10-13,21,23,26H,2,6,9,14-17H2,1H3,(H,27,30). The molecule has 0 spiro atoms. The summed E-state index contributed by atoms with van der Waals surface area (Å²) < 4.78 is 5.43. The van der Waals surface area contributed by atoms with Crippen molar-refractivity contribution in [2.75, 3.05) is 31.6 Å². The molecule has 2 aliphatic heterocycles. The fourth-order valence-electron chi connectivity index (χ4n) is 4.45. The Labute approximate surface area is 193 Å². The number of ether oxygens (including phenoxy) is 1. The van der Waals surface area contributed by atoms with Gasteiger partial charge in [0.05, 0.1) is 12.6 Å². The number of benzene rings is 2. The van der Waals surface area contributed by atoms with Gasteiger partial charge in [0, 0.05) is 12.2 Å². The lowest BCUT2D eigenvalue weighted by Crippen LogP contribution is -2.70. The molecule has 2 unspecified atom stereocenters. The number of nitrogens with zero attached hydrogens (tertiary/aromatic N) is 2. The molecule has 8 nitrogen and oxygen atoms in total. The van der Waals surface area contributed by atoms with E-state index in [1.165, 1.54) is 4.90 Å². The topological polar surface area (TPSA) is 91.0 Å². The van der Waals surface area contributed by atoms with Crippen molar-refractivity contribution in [3.05, 3.63) is 60.2 Å². The number of fused-ring (bicyclic) bond motifs is 1. The van der Waals surface area contributed by atoms with E-state index in [9.17, 15) is 14.4 Å². The lowest BCUT2D eigenvalue weighted by molar-refractivity contribution is -0.138.